The Bertz CT molecular complexity index is 1180. The first-order valence-electron chi connectivity index (χ1n) is 13.4. The molecule has 2 fully saturated rings. The highest BCUT2D eigenvalue weighted by Gasteiger charge is 2.40. The average molecular weight is 522 g/mol. The van der Waals surface area contributed by atoms with E-state index in [1.165, 1.54) is 36.4 Å². The van der Waals surface area contributed by atoms with Crippen molar-refractivity contribution in [1.82, 2.24) is 14.7 Å². The Morgan fingerprint density at radius 2 is 1.24 bits per heavy atom. The summed E-state index contributed by atoms with van der Waals surface area (Å²) in [6, 6.07) is 19.3. The molecule has 1 amide bonds. The van der Waals surface area contributed by atoms with Gasteiger partial charge in [-0.3, -0.25) is 14.6 Å². The highest BCUT2D eigenvalue weighted by atomic mass is 19.1. The van der Waals surface area contributed by atoms with Gasteiger partial charge in [0, 0.05) is 32.7 Å². The molecular formula is C31H34F3N3O. The largest absolute Gasteiger partial charge is 0.339 e. The van der Waals surface area contributed by atoms with Crippen molar-refractivity contribution in [3.63, 3.8) is 0 Å². The molecule has 5 rings (SSSR count). The molecule has 38 heavy (non-hydrogen) atoms. The maximum absolute atomic E-state index is 13.7. The number of hydrogen-bond donors (Lipinski definition) is 0. The van der Waals surface area contributed by atoms with Crippen LogP contribution in [-0.4, -0.2) is 59.4 Å². The number of carbonyl (C=O) groups excluding carboxylic acids is 1. The van der Waals surface area contributed by atoms with Crippen molar-refractivity contribution in [3.05, 3.63) is 107 Å². The Labute approximate surface area is 222 Å². The minimum atomic E-state index is -0.601. The van der Waals surface area contributed by atoms with E-state index < -0.39 is 5.54 Å². The van der Waals surface area contributed by atoms with Crippen LogP contribution in [0.3, 0.4) is 0 Å². The fourth-order valence-electron chi connectivity index (χ4n) is 5.95. The molecule has 0 N–H and O–H groups in total. The molecule has 0 aliphatic carbocycles. The first-order valence-corrected chi connectivity index (χ1v) is 13.4. The normalized spacial score (nSPS) is 19.5. The number of nitrogens with zero attached hydrogens (tertiary/aromatic N) is 3. The smallest absolute Gasteiger partial charge is 0.240 e. The van der Waals surface area contributed by atoms with Gasteiger partial charge in [-0.05, 0) is 79.4 Å². The van der Waals surface area contributed by atoms with Crippen LogP contribution in [0, 0.1) is 17.5 Å². The Morgan fingerprint density at radius 3 is 1.76 bits per heavy atom. The van der Waals surface area contributed by atoms with Gasteiger partial charge >= 0.3 is 0 Å². The SMILES string of the molecule is CC(c1ccc(F)cc1)(c1ccc(F)cc1)N1CCN(C(=O)[C@@H]2CCCCN2Cc2ccc(F)cc2)CC1. The van der Waals surface area contributed by atoms with E-state index in [0.29, 0.717) is 32.7 Å². The van der Waals surface area contributed by atoms with Crippen LogP contribution in [0.5, 0.6) is 0 Å². The molecule has 2 aliphatic rings. The predicted octanol–water partition coefficient (Wildman–Crippen LogP) is 5.57. The van der Waals surface area contributed by atoms with Crippen LogP contribution < -0.4 is 0 Å². The minimum Gasteiger partial charge on any atom is -0.339 e. The Balaban J connectivity index is 1.31. The van der Waals surface area contributed by atoms with Gasteiger partial charge in [-0.15, -0.1) is 0 Å². The molecule has 0 spiro atoms. The molecule has 0 unspecified atom stereocenters. The lowest BCUT2D eigenvalue weighted by molar-refractivity contribution is -0.141. The second-order valence-electron chi connectivity index (χ2n) is 10.5. The summed E-state index contributed by atoms with van der Waals surface area (Å²) < 4.78 is 40.9. The predicted molar refractivity (Wildman–Crippen MR) is 142 cm³/mol. The van der Waals surface area contributed by atoms with E-state index in [9.17, 15) is 18.0 Å². The average Bonchev–Trinajstić information content (AvgIpc) is 2.95. The van der Waals surface area contributed by atoms with Crippen LogP contribution in [0.15, 0.2) is 72.8 Å². The van der Waals surface area contributed by atoms with E-state index in [-0.39, 0.29) is 29.4 Å². The van der Waals surface area contributed by atoms with Crippen LogP contribution >= 0.6 is 0 Å². The number of likely N-dealkylation sites (tertiary alicyclic amines) is 1. The maximum Gasteiger partial charge on any atom is 0.240 e. The number of halogens is 3. The molecule has 0 radical (unpaired) electrons. The number of hydrogen-bond acceptors (Lipinski definition) is 3. The van der Waals surface area contributed by atoms with E-state index in [1.807, 2.05) is 4.90 Å². The molecule has 2 heterocycles. The molecule has 3 aromatic rings. The fourth-order valence-corrected chi connectivity index (χ4v) is 5.95. The number of benzene rings is 3. The first kappa shape index (κ1) is 26.4. The molecule has 3 aromatic carbocycles. The zero-order valence-corrected chi connectivity index (χ0v) is 21.8. The van der Waals surface area contributed by atoms with Gasteiger partial charge in [-0.2, -0.15) is 0 Å². The van der Waals surface area contributed by atoms with E-state index >= 15 is 0 Å². The molecule has 1 atom stereocenters. The van der Waals surface area contributed by atoms with Crippen LogP contribution in [0.1, 0.15) is 42.9 Å². The third-order valence-corrected chi connectivity index (χ3v) is 8.23. The molecule has 4 nitrogen and oxygen atoms in total. The molecule has 200 valence electrons. The van der Waals surface area contributed by atoms with E-state index in [0.717, 1.165) is 42.5 Å². The van der Waals surface area contributed by atoms with Crippen molar-refractivity contribution < 1.29 is 18.0 Å². The van der Waals surface area contributed by atoms with Crippen LogP contribution in [0.2, 0.25) is 0 Å². The molecule has 2 aliphatic heterocycles. The molecular weight excluding hydrogens is 487 g/mol. The zero-order chi connectivity index (χ0) is 26.7. The Morgan fingerprint density at radius 1 is 0.737 bits per heavy atom. The van der Waals surface area contributed by atoms with Gasteiger partial charge in [0.05, 0.1) is 11.6 Å². The van der Waals surface area contributed by atoms with Crippen molar-refractivity contribution >= 4 is 5.91 Å². The lowest BCUT2D eigenvalue weighted by Crippen LogP contribution is -2.59. The summed E-state index contributed by atoms with van der Waals surface area (Å²) in [5.41, 5.74) is 2.24. The highest BCUT2D eigenvalue weighted by molar-refractivity contribution is 5.82. The summed E-state index contributed by atoms with van der Waals surface area (Å²) in [6.45, 7) is 6.00. The maximum atomic E-state index is 13.7. The Hall–Kier alpha value is -3.16. The third-order valence-electron chi connectivity index (χ3n) is 8.23. The van der Waals surface area contributed by atoms with Crippen molar-refractivity contribution in [3.8, 4) is 0 Å². The van der Waals surface area contributed by atoms with Crippen LogP contribution in [0.4, 0.5) is 13.2 Å². The quantitative estimate of drug-likeness (QED) is 0.425. The van der Waals surface area contributed by atoms with Crippen molar-refractivity contribution in [2.24, 2.45) is 0 Å². The number of piperazine rings is 1. The number of amides is 1. The van der Waals surface area contributed by atoms with E-state index in [4.69, 9.17) is 0 Å². The van der Waals surface area contributed by atoms with Gasteiger partial charge in [0.2, 0.25) is 5.91 Å². The second-order valence-corrected chi connectivity index (χ2v) is 10.5. The summed E-state index contributed by atoms with van der Waals surface area (Å²) in [6.07, 6.45) is 2.89. The molecule has 2 saturated heterocycles. The number of rotatable bonds is 6. The molecule has 0 aromatic heterocycles. The monoisotopic (exact) mass is 521 g/mol. The highest BCUT2D eigenvalue weighted by Crippen LogP contribution is 2.37. The fraction of sp³-hybridized carbons (Fsp3) is 0.387. The second kappa shape index (κ2) is 11.3. The summed E-state index contributed by atoms with van der Waals surface area (Å²) in [5.74, 6) is -0.713. The van der Waals surface area contributed by atoms with E-state index in [2.05, 4.69) is 16.7 Å². The standard InChI is InChI=1S/C31H34F3N3O/c1-31(24-7-13-27(33)14-8-24,25-9-15-28(34)16-10-25)37-20-18-35(19-21-37)30(38)29-4-2-3-17-36(29)22-23-5-11-26(32)12-6-23/h5-16,29H,2-4,17-22H2,1H3/t29-/m0/s1. The van der Waals surface area contributed by atoms with E-state index in [1.54, 1.807) is 36.4 Å². The molecule has 7 heteroatoms. The lowest BCUT2D eigenvalue weighted by atomic mass is 9.82. The number of carbonyl (C=O) groups is 1. The summed E-state index contributed by atoms with van der Waals surface area (Å²) in [5, 5.41) is 0. The summed E-state index contributed by atoms with van der Waals surface area (Å²) >= 11 is 0. The summed E-state index contributed by atoms with van der Waals surface area (Å²) in [4.78, 5) is 20.2. The number of piperidine rings is 1. The lowest BCUT2D eigenvalue weighted by Gasteiger charge is -2.47. The van der Waals surface area contributed by atoms with Crippen molar-refractivity contribution in [2.75, 3.05) is 32.7 Å². The first-order chi connectivity index (χ1) is 18.3. The molecule has 0 bridgehead atoms. The van der Waals surface area contributed by atoms with Gasteiger partial charge in [-0.1, -0.05) is 42.8 Å². The summed E-state index contributed by atoms with van der Waals surface area (Å²) in [7, 11) is 0. The van der Waals surface area contributed by atoms with Gasteiger partial charge < -0.3 is 4.90 Å². The third kappa shape index (κ3) is 5.49. The topological polar surface area (TPSA) is 26.8 Å². The van der Waals surface area contributed by atoms with Gasteiger partial charge in [0.25, 0.3) is 0 Å². The van der Waals surface area contributed by atoms with Gasteiger partial charge in [-0.25, -0.2) is 13.2 Å². The van der Waals surface area contributed by atoms with Gasteiger partial charge in [0.1, 0.15) is 17.5 Å². The van der Waals surface area contributed by atoms with Crippen LogP contribution in [-0.2, 0) is 16.9 Å². The minimum absolute atomic E-state index is 0.150. The van der Waals surface area contributed by atoms with Crippen molar-refractivity contribution in [2.45, 2.75) is 44.3 Å². The molecule has 0 saturated carbocycles. The van der Waals surface area contributed by atoms with Gasteiger partial charge in [0.15, 0.2) is 0 Å². The zero-order valence-electron chi connectivity index (χ0n) is 21.8. The Kier molecular flexibility index (Phi) is 7.86. The van der Waals surface area contributed by atoms with Crippen molar-refractivity contribution in [1.29, 1.82) is 0 Å². The van der Waals surface area contributed by atoms with Crippen LogP contribution in [0.25, 0.3) is 0 Å².